The van der Waals surface area contributed by atoms with Crippen molar-refractivity contribution >= 4 is 0 Å². The predicted octanol–water partition coefficient (Wildman–Crippen LogP) is 2.46. The molecule has 11 heavy (non-hydrogen) atoms. The van der Waals surface area contributed by atoms with Crippen LogP contribution < -0.4 is 0 Å². The molecule has 0 bridgehead atoms. The molecule has 1 heteroatoms. The fraction of sp³-hybridized carbons (Fsp3) is 0.400. The SMILES string of the molecule is C=CC1=CCC(C)(OC)C=C1. The van der Waals surface area contributed by atoms with Gasteiger partial charge in [0.05, 0.1) is 5.60 Å². The molecule has 1 unspecified atom stereocenters. The molecule has 0 saturated heterocycles. The predicted molar refractivity (Wildman–Crippen MR) is 47.5 cm³/mol. The molecule has 0 aliphatic heterocycles. The van der Waals surface area contributed by atoms with Crippen LogP contribution in [0.5, 0.6) is 0 Å². The molecule has 1 nitrogen and oxygen atoms in total. The highest BCUT2D eigenvalue weighted by Gasteiger charge is 2.20. The van der Waals surface area contributed by atoms with Crippen LogP contribution in [0.4, 0.5) is 0 Å². The van der Waals surface area contributed by atoms with E-state index in [1.165, 1.54) is 5.57 Å². The van der Waals surface area contributed by atoms with Crippen molar-refractivity contribution in [1.82, 2.24) is 0 Å². The van der Waals surface area contributed by atoms with Crippen LogP contribution in [0.25, 0.3) is 0 Å². The van der Waals surface area contributed by atoms with Crippen molar-refractivity contribution in [3.63, 3.8) is 0 Å². The summed E-state index contributed by atoms with van der Waals surface area (Å²) in [5.41, 5.74) is 1.08. The van der Waals surface area contributed by atoms with Gasteiger partial charge >= 0.3 is 0 Å². The maximum absolute atomic E-state index is 5.31. The second kappa shape index (κ2) is 3.05. The molecule has 0 saturated carbocycles. The molecule has 1 aliphatic carbocycles. The van der Waals surface area contributed by atoms with Gasteiger partial charge in [0, 0.05) is 7.11 Å². The Morgan fingerprint density at radius 3 is 2.82 bits per heavy atom. The minimum Gasteiger partial charge on any atom is -0.374 e. The van der Waals surface area contributed by atoms with Crippen LogP contribution in [-0.4, -0.2) is 12.7 Å². The molecule has 60 valence electrons. The first-order valence-corrected chi connectivity index (χ1v) is 3.77. The molecule has 0 heterocycles. The molecular weight excluding hydrogens is 136 g/mol. The zero-order valence-electron chi connectivity index (χ0n) is 7.13. The number of methoxy groups -OCH3 is 1. The summed E-state index contributed by atoms with van der Waals surface area (Å²) in [6.45, 7) is 5.77. The maximum Gasteiger partial charge on any atom is 0.0868 e. The lowest BCUT2D eigenvalue weighted by atomic mass is 9.94. The van der Waals surface area contributed by atoms with E-state index >= 15 is 0 Å². The topological polar surface area (TPSA) is 9.23 Å². The van der Waals surface area contributed by atoms with E-state index in [0.717, 1.165) is 6.42 Å². The molecule has 1 rings (SSSR count). The summed E-state index contributed by atoms with van der Waals surface area (Å²) in [4.78, 5) is 0. The first-order chi connectivity index (χ1) is 5.20. The maximum atomic E-state index is 5.31. The van der Waals surface area contributed by atoms with Gasteiger partial charge in [0.2, 0.25) is 0 Å². The first kappa shape index (κ1) is 8.28. The van der Waals surface area contributed by atoms with Gasteiger partial charge in [-0.3, -0.25) is 0 Å². The second-order valence-electron chi connectivity index (χ2n) is 2.96. The number of ether oxygens (including phenoxy) is 1. The van der Waals surface area contributed by atoms with E-state index in [-0.39, 0.29) is 5.60 Å². The van der Waals surface area contributed by atoms with E-state index in [9.17, 15) is 0 Å². The van der Waals surface area contributed by atoms with Crippen LogP contribution in [0.15, 0.2) is 36.5 Å². The first-order valence-electron chi connectivity index (χ1n) is 3.77. The molecule has 0 N–H and O–H groups in total. The minimum absolute atomic E-state index is 0.105. The molecule has 0 aromatic rings. The monoisotopic (exact) mass is 150 g/mol. The Kier molecular flexibility index (Phi) is 2.30. The van der Waals surface area contributed by atoms with Crippen molar-refractivity contribution in [2.45, 2.75) is 18.9 Å². The van der Waals surface area contributed by atoms with Crippen molar-refractivity contribution in [3.8, 4) is 0 Å². The van der Waals surface area contributed by atoms with Crippen LogP contribution in [0.2, 0.25) is 0 Å². The lowest BCUT2D eigenvalue weighted by Gasteiger charge is -2.25. The van der Waals surface area contributed by atoms with Crippen LogP contribution >= 0.6 is 0 Å². The zero-order chi connectivity index (χ0) is 8.32. The molecule has 0 fully saturated rings. The second-order valence-corrected chi connectivity index (χ2v) is 2.96. The Labute approximate surface area is 68.1 Å². The highest BCUT2D eigenvalue weighted by Crippen LogP contribution is 2.23. The number of allylic oxidation sites excluding steroid dienone is 3. The van der Waals surface area contributed by atoms with Crippen LogP contribution in [-0.2, 0) is 4.74 Å². The van der Waals surface area contributed by atoms with Gasteiger partial charge in [-0.15, -0.1) is 0 Å². The summed E-state index contributed by atoms with van der Waals surface area (Å²) in [5, 5.41) is 0. The lowest BCUT2D eigenvalue weighted by molar-refractivity contribution is 0.0503. The zero-order valence-corrected chi connectivity index (χ0v) is 7.13. The fourth-order valence-corrected chi connectivity index (χ4v) is 1.03. The standard InChI is InChI=1S/C10H14O/c1-4-9-5-7-10(2,11-3)8-6-9/h4-7H,1,8H2,2-3H3. The summed E-state index contributed by atoms with van der Waals surface area (Å²) in [6.07, 6.45) is 9.04. The number of hydrogen-bond acceptors (Lipinski definition) is 1. The summed E-state index contributed by atoms with van der Waals surface area (Å²) in [6, 6.07) is 0. The third-order valence-corrected chi connectivity index (χ3v) is 2.07. The number of rotatable bonds is 2. The van der Waals surface area contributed by atoms with Crippen LogP contribution in [0.1, 0.15) is 13.3 Å². The Morgan fingerprint density at radius 2 is 2.45 bits per heavy atom. The van der Waals surface area contributed by atoms with Crippen molar-refractivity contribution in [2.75, 3.05) is 7.11 Å². The Bertz CT molecular complexity index is 213. The smallest absolute Gasteiger partial charge is 0.0868 e. The van der Waals surface area contributed by atoms with Gasteiger partial charge in [-0.05, 0) is 18.9 Å². The third-order valence-electron chi connectivity index (χ3n) is 2.07. The summed E-state index contributed by atoms with van der Waals surface area (Å²) in [5.74, 6) is 0. The van der Waals surface area contributed by atoms with Gasteiger partial charge in [-0.1, -0.05) is 30.9 Å². The average molecular weight is 150 g/mol. The molecule has 0 amide bonds. The van der Waals surface area contributed by atoms with Crippen LogP contribution in [0.3, 0.4) is 0 Å². The van der Waals surface area contributed by atoms with Crippen molar-refractivity contribution in [3.05, 3.63) is 36.5 Å². The normalized spacial score (nSPS) is 29.8. The van der Waals surface area contributed by atoms with Gasteiger partial charge in [0.1, 0.15) is 0 Å². The molecule has 1 aliphatic rings. The molecule has 0 radical (unpaired) electrons. The van der Waals surface area contributed by atoms with E-state index in [0.29, 0.717) is 0 Å². The summed E-state index contributed by atoms with van der Waals surface area (Å²) < 4.78 is 5.31. The Hall–Kier alpha value is -0.820. The Morgan fingerprint density at radius 1 is 1.73 bits per heavy atom. The fourth-order valence-electron chi connectivity index (χ4n) is 1.03. The van der Waals surface area contributed by atoms with Gasteiger partial charge in [0.25, 0.3) is 0 Å². The van der Waals surface area contributed by atoms with Crippen LogP contribution in [0, 0.1) is 0 Å². The molecule has 1 atom stereocenters. The molecular formula is C10H14O. The lowest BCUT2D eigenvalue weighted by Crippen LogP contribution is -2.24. The highest BCUT2D eigenvalue weighted by molar-refractivity contribution is 5.34. The number of hydrogen-bond donors (Lipinski definition) is 0. The minimum atomic E-state index is -0.105. The molecule has 0 aromatic carbocycles. The van der Waals surface area contributed by atoms with Gasteiger partial charge in [-0.2, -0.15) is 0 Å². The quantitative estimate of drug-likeness (QED) is 0.587. The third kappa shape index (κ3) is 1.81. The van der Waals surface area contributed by atoms with E-state index in [1.807, 2.05) is 12.2 Å². The average Bonchev–Trinajstić information content (AvgIpc) is 2.06. The molecule has 0 spiro atoms. The highest BCUT2D eigenvalue weighted by atomic mass is 16.5. The van der Waals surface area contributed by atoms with E-state index < -0.39 is 0 Å². The largest absolute Gasteiger partial charge is 0.374 e. The van der Waals surface area contributed by atoms with Crippen molar-refractivity contribution in [2.24, 2.45) is 0 Å². The van der Waals surface area contributed by atoms with Crippen molar-refractivity contribution < 1.29 is 4.74 Å². The van der Waals surface area contributed by atoms with Gasteiger partial charge < -0.3 is 4.74 Å². The van der Waals surface area contributed by atoms with Crippen molar-refractivity contribution in [1.29, 1.82) is 0 Å². The van der Waals surface area contributed by atoms with Gasteiger partial charge in [0.15, 0.2) is 0 Å². The van der Waals surface area contributed by atoms with Gasteiger partial charge in [-0.25, -0.2) is 0 Å². The Balaban J connectivity index is 2.70. The molecule has 0 aromatic heterocycles. The summed E-state index contributed by atoms with van der Waals surface area (Å²) >= 11 is 0. The van der Waals surface area contributed by atoms with E-state index in [2.05, 4.69) is 25.7 Å². The summed E-state index contributed by atoms with van der Waals surface area (Å²) in [7, 11) is 1.73. The van der Waals surface area contributed by atoms with E-state index in [4.69, 9.17) is 4.74 Å². The van der Waals surface area contributed by atoms with E-state index in [1.54, 1.807) is 7.11 Å².